The monoisotopic (exact) mass is 672 g/mol. The molecule has 8 nitrogen and oxygen atoms in total. The fourth-order valence-electron chi connectivity index (χ4n) is 6.84. The molecule has 0 saturated heterocycles. The molecule has 2 heterocycles. The van der Waals surface area contributed by atoms with E-state index >= 15 is 0 Å². The fourth-order valence-corrected chi connectivity index (χ4v) is 9.51. The van der Waals surface area contributed by atoms with Gasteiger partial charge in [0.05, 0.1) is 25.3 Å². The summed E-state index contributed by atoms with van der Waals surface area (Å²) >= 11 is 2.99. The first-order valence-electron chi connectivity index (χ1n) is 16.8. The first-order chi connectivity index (χ1) is 21.8. The van der Waals surface area contributed by atoms with Gasteiger partial charge in [-0.2, -0.15) is 0 Å². The van der Waals surface area contributed by atoms with E-state index in [1.165, 1.54) is 36.9 Å². The number of carbonyl (C=O) groups excluding carboxylic acids is 4. The van der Waals surface area contributed by atoms with Crippen LogP contribution in [0.4, 0.5) is 10.0 Å². The summed E-state index contributed by atoms with van der Waals surface area (Å²) in [6, 6.07) is 0. The van der Waals surface area contributed by atoms with Crippen LogP contribution in [0.3, 0.4) is 0 Å². The number of ether oxygens (including phenoxy) is 2. The van der Waals surface area contributed by atoms with Crippen LogP contribution in [0.1, 0.15) is 135 Å². The van der Waals surface area contributed by atoms with Crippen LogP contribution in [-0.2, 0) is 44.7 Å². The minimum atomic E-state index is -0.413. The molecule has 2 aromatic heterocycles. The molecule has 0 radical (unpaired) electrons. The molecule has 2 unspecified atom stereocenters. The lowest BCUT2D eigenvalue weighted by Crippen LogP contribution is -2.28. The van der Waals surface area contributed by atoms with Gasteiger partial charge in [-0.15, -0.1) is 22.7 Å². The number of fused-ring (bicyclic) bond motifs is 2. The van der Waals surface area contributed by atoms with Crippen LogP contribution in [0, 0.1) is 22.7 Å². The normalized spacial score (nSPS) is 17.9. The van der Waals surface area contributed by atoms with Crippen molar-refractivity contribution < 1.29 is 28.7 Å². The number of rotatable bonds is 13. The first-order valence-corrected chi connectivity index (χ1v) is 18.4. The Labute approximate surface area is 282 Å². The van der Waals surface area contributed by atoms with Crippen molar-refractivity contribution in [1.82, 2.24) is 0 Å². The van der Waals surface area contributed by atoms with Crippen LogP contribution in [0.2, 0.25) is 0 Å². The lowest BCUT2D eigenvalue weighted by molar-refractivity contribution is -0.118. The highest BCUT2D eigenvalue weighted by atomic mass is 32.1. The topological polar surface area (TPSA) is 111 Å². The zero-order chi connectivity index (χ0) is 33.8. The van der Waals surface area contributed by atoms with E-state index in [1.807, 2.05) is 0 Å². The minimum absolute atomic E-state index is 0.182. The molecule has 2 aliphatic carbocycles. The molecule has 2 amide bonds. The molecule has 0 spiro atoms. The second-order valence-electron chi connectivity index (χ2n) is 14.3. The second-order valence-corrected chi connectivity index (χ2v) is 16.5. The molecule has 2 N–H and O–H groups in total. The molecule has 0 aromatic carbocycles. The Kier molecular flexibility index (Phi) is 11.8. The van der Waals surface area contributed by atoms with Gasteiger partial charge >= 0.3 is 11.9 Å². The molecule has 4 rings (SSSR count). The summed E-state index contributed by atoms with van der Waals surface area (Å²) in [6.07, 6.45) is 9.10. The molecule has 2 atom stereocenters. The van der Waals surface area contributed by atoms with Gasteiger partial charge < -0.3 is 20.1 Å². The predicted octanol–water partition coefficient (Wildman–Crippen LogP) is 8.60. The van der Waals surface area contributed by atoms with Gasteiger partial charge in [-0.1, -0.05) is 54.4 Å². The Bertz CT molecular complexity index is 1340. The number of nitrogens with one attached hydrogen (secondary N) is 2. The quantitative estimate of drug-likeness (QED) is 0.163. The molecule has 0 fully saturated rings. The Morgan fingerprint density at radius 1 is 0.696 bits per heavy atom. The van der Waals surface area contributed by atoms with E-state index in [-0.39, 0.29) is 35.5 Å². The second kappa shape index (κ2) is 15.0. The Morgan fingerprint density at radius 3 is 1.39 bits per heavy atom. The van der Waals surface area contributed by atoms with Crippen LogP contribution in [0.15, 0.2) is 0 Å². The van der Waals surface area contributed by atoms with Gasteiger partial charge in [0, 0.05) is 22.6 Å². The third-order valence-corrected chi connectivity index (χ3v) is 13.2. The van der Waals surface area contributed by atoms with Gasteiger partial charge in [0.15, 0.2) is 0 Å². The zero-order valence-corrected chi connectivity index (χ0v) is 30.5. The number of unbranched alkanes of at least 4 members (excludes halogenated alkanes) is 1. The minimum Gasteiger partial charge on any atom is -0.465 e. The van der Waals surface area contributed by atoms with Crippen molar-refractivity contribution in [2.75, 3.05) is 24.9 Å². The Morgan fingerprint density at radius 2 is 1.07 bits per heavy atom. The number of thiophene rings is 2. The standard InChI is InChI=1S/C36H52N2O6S2/c1-9-35(3,4)21-15-17-23-25(19-21)45-31(29(23)33(41)43-7)37-27(39)13-11-12-14-28(40)38-32-30(34(42)44-8)24-18-16-22(20-26(24)46-32)36(5,6)10-2/h21-22H,9-20H2,1-8H3,(H,37,39)(H,38,40). The van der Waals surface area contributed by atoms with Gasteiger partial charge in [0.2, 0.25) is 11.8 Å². The maximum Gasteiger partial charge on any atom is 0.341 e. The fraction of sp³-hybridized carbons (Fsp3) is 0.667. The summed E-state index contributed by atoms with van der Waals surface area (Å²) in [5.74, 6) is -0.140. The van der Waals surface area contributed by atoms with Gasteiger partial charge in [-0.25, -0.2) is 9.59 Å². The molecule has 2 aliphatic rings. The number of carbonyl (C=O) groups is 4. The van der Waals surface area contributed by atoms with E-state index in [2.05, 4.69) is 52.2 Å². The highest BCUT2D eigenvalue weighted by molar-refractivity contribution is 7.17. The summed E-state index contributed by atoms with van der Waals surface area (Å²) in [6.45, 7) is 13.6. The van der Waals surface area contributed by atoms with Crippen LogP contribution < -0.4 is 10.6 Å². The summed E-state index contributed by atoms with van der Waals surface area (Å²) in [7, 11) is 2.75. The molecule has 10 heteroatoms. The van der Waals surface area contributed by atoms with E-state index < -0.39 is 11.9 Å². The van der Waals surface area contributed by atoms with Crippen LogP contribution in [0.25, 0.3) is 0 Å². The van der Waals surface area contributed by atoms with Crippen LogP contribution >= 0.6 is 22.7 Å². The van der Waals surface area contributed by atoms with E-state index in [1.54, 1.807) is 0 Å². The third kappa shape index (κ3) is 7.87. The van der Waals surface area contributed by atoms with Crippen molar-refractivity contribution in [1.29, 1.82) is 0 Å². The van der Waals surface area contributed by atoms with Gasteiger partial charge in [0.1, 0.15) is 10.0 Å². The van der Waals surface area contributed by atoms with E-state index in [0.29, 0.717) is 45.8 Å². The lowest BCUT2D eigenvalue weighted by atomic mass is 9.69. The van der Waals surface area contributed by atoms with Gasteiger partial charge in [-0.05, 0) is 85.2 Å². The average Bonchev–Trinajstić information content (AvgIpc) is 3.58. The summed E-state index contributed by atoms with van der Waals surface area (Å²) in [5.41, 5.74) is 3.43. The molecule has 0 aliphatic heterocycles. The molecule has 2 aromatic rings. The van der Waals surface area contributed by atoms with Crippen molar-refractivity contribution in [3.05, 3.63) is 32.0 Å². The number of esters is 2. The number of anilines is 2. The summed E-state index contributed by atoms with van der Waals surface area (Å²) in [4.78, 5) is 53.8. The number of hydrogen-bond donors (Lipinski definition) is 2. The Hall–Kier alpha value is -2.72. The predicted molar refractivity (Wildman–Crippen MR) is 186 cm³/mol. The Balaban J connectivity index is 1.34. The molecule has 0 saturated carbocycles. The van der Waals surface area contributed by atoms with Crippen molar-refractivity contribution in [2.24, 2.45) is 22.7 Å². The van der Waals surface area contributed by atoms with Crippen molar-refractivity contribution in [3.8, 4) is 0 Å². The maximum absolute atomic E-state index is 13.0. The lowest BCUT2D eigenvalue weighted by Gasteiger charge is -2.36. The molecular weight excluding hydrogens is 621 g/mol. The van der Waals surface area contributed by atoms with E-state index in [0.717, 1.165) is 72.2 Å². The summed E-state index contributed by atoms with van der Waals surface area (Å²) < 4.78 is 10.2. The number of hydrogen-bond acceptors (Lipinski definition) is 8. The largest absolute Gasteiger partial charge is 0.465 e. The maximum atomic E-state index is 13.0. The SMILES string of the molecule is CCC(C)(C)C1CCc2c(sc(NC(=O)CCCCC(=O)Nc3sc4c(c3C(=O)OC)CCC(C(C)(C)CC)C4)c2C(=O)OC)C1. The van der Waals surface area contributed by atoms with Crippen molar-refractivity contribution in [3.63, 3.8) is 0 Å². The highest BCUT2D eigenvalue weighted by Crippen LogP contribution is 2.47. The molecule has 0 bridgehead atoms. The molecule has 46 heavy (non-hydrogen) atoms. The van der Waals surface area contributed by atoms with Crippen molar-refractivity contribution in [2.45, 2.75) is 119 Å². The number of methoxy groups -OCH3 is 2. The smallest absolute Gasteiger partial charge is 0.341 e. The zero-order valence-electron chi connectivity index (χ0n) is 28.9. The first kappa shape index (κ1) is 36.1. The van der Waals surface area contributed by atoms with E-state index in [9.17, 15) is 19.2 Å². The molecule has 254 valence electrons. The number of amides is 2. The van der Waals surface area contributed by atoms with Crippen LogP contribution in [-0.4, -0.2) is 38.0 Å². The average molecular weight is 673 g/mol. The van der Waals surface area contributed by atoms with Crippen molar-refractivity contribution >= 4 is 56.4 Å². The van der Waals surface area contributed by atoms with Gasteiger partial charge in [0.25, 0.3) is 0 Å². The van der Waals surface area contributed by atoms with Gasteiger partial charge in [-0.3, -0.25) is 9.59 Å². The van der Waals surface area contributed by atoms with E-state index in [4.69, 9.17) is 9.47 Å². The highest BCUT2D eigenvalue weighted by Gasteiger charge is 2.37. The molecular formula is C36H52N2O6S2. The van der Waals surface area contributed by atoms with Crippen LogP contribution in [0.5, 0.6) is 0 Å². The third-order valence-electron chi connectivity index (χ3n) is 10.9. The summed E-state index contributed by atoms with van der Waals surface area (Å²) in [5, 5.41) is 7.09.